The van der Waals surface area contributed by atoms with E-state index in [4.69, 9.17) is 4.74 Å². The first-order valence-electron chi connectivity index (χ1n) is 8.12. The van der Waals surface area contributed by atoms with Crippen molar-refractivity contribution >= 4 is 52.0 Å². The zero-order chi connectivity index (χ0) is 19.4. The van der Waals surface area contributed by atoms with E-state index in [2.05, 4.69) is 38.2 Å². The zero-order valence-electron chi connectivity index (χ0n) is 14.7. The molecule has 2 amide bonds. The molecule has 0 saturated heterocycles. The molecule has 0 aromatic heterocycles. The van der Waals surface area contributed by atoms with Crippen LogP contribution in [0, 0.1) is 9.49 Å². The van der Waals surface area contributed by atoms with Gasteiger partial charge in [-0.15, -0.1) is 0 Å². The molecule has 1 heterocycles. The van der Waals surface area contributed by atoms with Crippen LogP contribution in [0.1, 0.15) is 17.3 Å². The molecule has 3 rings (SSSR count). The molecule has 2 aromatic carbocycles. The molecular formula is C19H17IN4O3. The maximum absolute atomic E-state index is 12.6. The van der Waals surface area contributed by atoms with Crippen LogP contribution in [0.5, 0.6) is 5.75 Å². The molecule has 2 aromatic rings. The van der Waals surface area contributed by atoms with Crippen LogP contribution >= 0.6 is 22.6 Å². The molecular weight excluding hydrogens is 459 g/mol. The number of carbonyl (C=O) groups excluding carboxylic acids is 2. The van der Waals surface area contributed by atoms with Crippen molar-refractivity contribution < 1.29 is 14.3 Å². The van der Waals surface area contributed by atoms with E-state index in [0.29, 0.717) is 22.7 Å². The quantitative estimate of drug-likeness (QED) is 0.409. The first-order chi connectivity index (χ1) is 13.0. The topological polar surface area (TPSA) is 83.4 Å². The average Bonchev–Trinajstić information content (AvgIpc) is 2.97. The number of rotatable bonds is 5. The molecule has 0 radical (unpaired) electrons. The van der Waals surface area contributed by atoms with Gasteiger partial charge in [0.15, 0.2) is 0 Å². The summed E-state index contributed by atoms with van der Waals surface area (Å²) in [6.45, 7) is 1.75. The number of nitrogens with one attached hydrogen (secondary N) is 1. The highest BCUT2D eigenvalue weighted by molar-refractivity contribution is 14.1. The fourth-order valence-corrected chi connectivity index (χ4v) is 3.10. The van der Waals surface area contributed by atoms with Crippen molar-refractivity contribution in [3.05, 3.63) is 57.7 Å². The standard InChI is InChI=1S/C19H17IN4O3/c1-12-15(19(26)24(23-12)14-6-4-3-5-7-14)11-21-22-18(25)13-8-9-16(20)17(10-13)27-2/h3-11,15H,1-2H3,(H,22,25)/t15-/m0/s1. The monoisotopic (exact) mass is 476 g/mol. The summed E-state index contributed by atoms with van der Waals surface area (Å²) in [4.78, 5) is 24.8. The van der Waals surface area contributed by atoms with Gasteiger partial charge in [-0.2, -0.15) is 15.2 Å². The van der Waals surface area contributed by atoms with Crippen LogP contribution in [0.3, 0.4) is 0 Å². The smallest absolute Gasteiger partial charge is 0.271 e. The summed E-state index contributed by atoms with van der Waals surface area (Å²) in [5.74, 6) is -0.606. The Bertz CT molecular complexity index is 928. The van der Waals surface area contributed by atoms with Crippen LogP contribution in [0.2, 0.25) is 0 Å². The number of para-hydroxylation sites is 1. The van der Waals surface area contributed by atoms with Crippen LogP contribution in [0.25, 0.3) is 0 Å². The minimum Gasteiger partial charge on any atom is -0.496 e. The summed E-state index contributed by atoms with van der Waals surface area (Å²) in [5.41, 5.74) is 4.15. The molecule has 0 saturated carbocycles. The number of anilines is 1. The Morgan fingerprint density at radius 1 is 1.30 bits per heavy atom. The Morgan fingerprint density at radius 2 is 2.04 bits per heavy atom. The summed E-state index contributed by atoms with van der Waals surface area (Å²) in [6.07, 6.45) is 1.39. The van der Waals surface area contributed by atoms with Gasteiger partial charge in [-0.05, 0) is 59.8 Å². The number of hydrogen-bond acceptors (Lipinski definition) is 5. The molecule has 1 N–H and O–H groups in total. The normalized spacial score (nSPS) is 16.6. The van der Waals surface area contributed by atoms with Gasteiger partial charge >= 0.3 is 0 Å². The van der Waals surface area contributed by atoms with Crippen LogP contribution in [-0.4, -0.2) is 30.9 Å². The van der Waals surface area contributed by atoms with Gasteiger partial charge in [-0.25, -0.2) is 5.43 Å². The lowest BCUT2D eigenvalue weighted by atomic mass is 10.1. The van der Waals surface area contributed by atoms with Crippen molar-refractivity contribution in [3.8, 4) is 5.75 Å². The van der Waals surface area contributed by atoms with E-state index in [0.717, 1.165) is 3.57 Å². The lowest BCUT2D eigenvalue weighted by molar-refractivity contribution is -0.118. The Hall–Kier alpha value is -2.75. The van der Waals surface area contributed by atoms with Crippen molar-refractivity contribution in [2.45, 2.75) is 6.92 Å². The average molecular weight is 476 g/mol. The number of hydrogen-bond donors (Lipinski definition) is 1. The molecule has 138 valence electrons. The molecule has 0 unspecified atom stereocenters. The van der Waals surface area contributed by atoms with Gasteiger partial charge in [-0.1, -0.05) is 18.2 Å². The van der Waals surface area contributed by atoms with Crippen molar-refractivity contribution in [3.63, 3.8) is 0 Å². The lowest BCUT2D eigenvalue weighted by Gasteiger charge is -2.12. The summed E-state index contributed by atoms with van der Waals surface area (Å²) >= 11 is 2.12. The number of hydrazone groups is 2. The van der Waals surface area contributed by atoms with E-state index in [9.17, 15) is 9.59 Å². The minimum absolute atomic E-state index is 0.215. The second-order valence-electron chi connectivity index (χ2n) is 5.77. The van der Waals surface area contributed by atoms with Gasteiger partial charge in [0.1, 0.15) is 11.7 Å². The number of halogens is 1. The summed E-state index contributed by atoms with van der Waals surface area (Å²) in [6, 6.07) is 14.3. The SMILES string of the molecule is COc1cc(C(=O)NN=C[C@@H]2C(=O)N(c3ccccc3)N=C2C)ccc1I. The number of carbonyl (C=O) groups is 2. The highest BCUT2D eigenvalue weighted by Crippen LogP contribution is 2.23. The molecule has 8 heteroatoms. The molecule has 1 aliphatic heterocycles. The van der Waals surface area contributed by atoms with Crippen molar-refractivity contribution in [1.29, 1.82) is 0 Å². The zero-order valence-corrected chi connectivity index (χ0v) is 16.9. The number of nitrogens with zero attached hydrogens (tertiary/aromatic N) is 3. The van der Waals surface area contributed by atoms with Gasteiger partial charge in [0.25, 0.3) is 11.8 Å². The fraction of sp³-hybridized carbons (Fsp3) is 0.158. The van der Waals surface area contributed by atoms with Crippen LogP contribution < -0.4 is 15.2 Å². The van der Waals surface area contributed by atoms with Crippen molar-refractivity contribution in [2.24, 2.45) is 16.1 Å². The van der Waals surface area contributed by atoms with E-state index in [-0.39, 0.29) is 11.8 Å². The molecule has 0 bridgehead atoms. The predicted octanol–water partition coefficient (Wildman–Crippen LogP) is 3.05. The molecule has 1 aliphatic rings. The molecule has 7 nitrogen and oxygen atoms in total. The molecule has 1 atom stereocenters. The summed E-state index contributed by atoms with van der Waals surface area (Å²) in [7, 11) is 1.55. The van der Waals surface area contributed by atoms with Crippen LogP contribution in [-0.2, 0) is 4.79 Å². The van der Waals surface area contributed by atoms with Gasteiger partial charge in [0, 0.05) is 11.8 Å². The fourth-order valence-electron chi connectivity index (χ4n) is 2.54. The van der Waals surface area contributed by atoms with Gasteiger partial charge in [0.05, 0.1) is 22.1 Å². The molecule has 0 spiro atoms. The molecule has 0 aliphatic carbocycles. The predicted molar refractivity (Wildman–Crippen MR) is 112 cm³/mol. The minimum atomic E-state index is -0.614. The van der Waals surface area contributed by atoms with E-state index in [1.165, 1.54) is 11.2 Å². The van der Waals surface area contributed by atoms with Crippen molar-refractivity contribution in [2.75, 3.05) is 12.1 Å². The first-order valence-corrected chi connectivity index (χ1v) is 9.20. The number of benzene rings is 2. The van der Waals surface area contributed by atoms with E-state index < -0.39 is 5.92 Å². The van der Waals surface area contributed by atoms with E-state index in [1.54, 1.807) is 44.4 Å². The van der Waals surface area contributed by atoms with Crippen LogP contribution in [0.15, 0.2) is 58.7 Å². The van der Waals surface area contributed by atoms with Gasteiger partial charge in [0.2, 0.25) is 0 Å². The number of methoxy groups -OCH3 is 1. The van der Waals surface area contributed by atoms with Gasteiger partial charge in [-0.3, -0.25) is 9.59 Å². The largest absolute Gasteiger partial charge is 0.496 e. The number of amides is 2. The maximum atomic E-state index is 12.6. The second-order valence-corrected chi connectivity index (χ2v) is 6.94. The third-order valence-corrected chi connectivity index (χ3v) is 4.88. The van der Waals surface area contributed by atoms with E-state index >= 15 is 0 Å². The van der Waals surface area contributed by atoms with Crippen molar-refractivity contribution in [1.82, 2.24) is 5.43 Å². The number of ether oxygens (including phenoxy) is 1. The lowest BCUT2D eigenvalue weighted by Crippen LogP contribution is -2.29. The Balaban J connectivity index is 1.67. The third kappa shape index (κ3) is 4.16. The Kier molecular flexibility index (Phi) is 5.84. The first kappa shape index (κ1) is 19.0. The Labute approximate surface area is 170 Å². The van der Waals surface area contributed by atoms with Gasteiger partial charge < -0.3 is 4.74 Å². The third-order valence-electron chi connectivity index (χ3n) is 3.99. The molecule has 27 heavy (non-hydrogen) atoms. The highest BCUT2D eigenvalue weighted by Gasteiger charge is 2.33. The Morgan fingerprint density at radius 3 is 2.74 bits per heavy atom. The van der Waals surface area contributed by atoms with E-state index in [1.807, 2.05) is 18.2 Å². The van der Waals surface area contributed by atoms with Crippen LogP contribution in [0.4, 0.5) is 5.69 Å². The maximum Gasteiger partial charge on any atom is 0.271 e. The second kappa shape index (κ2) is 8.30. The summed E-state index contributed by atoms with van der Waals surface area (Å²) in [5, 5.41) is 9.57. The highest BCUT2D eigenvalue weighted by atomic mass is 127. The summed E-state index contributed by atoms with van der Waals surface area (Å²) < 4.78 is 6.11. The molecule has 0 fully saturated rings.